The zero-order valence-electron chi connectivity index (χ0n) is 11.1. The molecule has 0 saturated heterocycles. The predicted molar refractivity (Wildman–Crippen MR) is 102 cm³/mol. The molecular formula is C17H8Br2OS2. The van der Waals surface area contributed by atoms with Crippen LogP contribution < -0.4 is 0 Å². The first kappa shape index (κ1) is 14.6. The molecule has 0 radical (unpaired) electrons. The molecule has 0 atom stereocenters. The standard InChI is InChI=1S/C17H8Br2OS2/c18-13-9-5-1-3-7-11(9)21-16(13)15(20)17-14(19)10-6-2-4-8-12(10)22-17/h1-8H. The van der Waals surface area contributed by atoms with Crippen LogP contribution in [0.15, 0.2) is 57.5 Å². The van der Waals surface area contributed by atoms with Crippen LogP contribution in [-0.4, -0.2) is 5.78 Å². The summed E-state index contributed by atoms with van der Waals surface area (Å²) in [6.45, 7) is 0. The number of carbonyl (C=O) groups is 1. The summed E-state index contributed by atoms with van der Waals surface area (Å²) in [5.74, 6) is 0.0705. The van der Waals surface area contributed by atoms with Crippen LogP contribution in [0.25, 0.3) is 20.2 Å². The van der Waals surface area contributed by atoms with E-state index in [0.717, 1.165) is 38.9 Å². The van der Waals surface area contributed by atoms with E-state index >= 15 is 0 Å². The fraction of sp³-hybridized carbons (Fsp3) is 0. The van der Waals surface area contributed by atoms with Gasteiger partial charge in [0.05, 0.1) is 9.75 Å². The van der Waals surface area contributed by atoms with Gasteiger partial charge < -0.3 is 0 Å². The molecule has 0 bridgehead atoms. The molecule has 0 N–H and O–H groups in total. The first-order valence-corrected chi connectivity index (χ1v) is 9.77. The summed E-state index contributed by atoms with van der Waals surface area (Å²) in [6.07, 6.45) is 0. The maximum absolute atomic E-state index is 13.0. The lowest BCUT2D eigenvalue weighted by molar-refractivity contribution is 0.104. The Bertz CT molecular complexity index is 948. The van der Waals surface area contributed by atoms with Crippen molar-refractivity contribution in [3.8, 4) is 0 Å². The second-order valence-corrected chi connectivity index (χ2v) is 8.50. The normalized spacial score (nSPS) is 11.4. The molecular weight excluding hydrogens is 444 g/mol. The van der Waals surface area contributed by atoms with Gasteiger partial charge in [0, 0.05) is 29.1 Å². The molecule has 108 valence electrons. The van der Waals surface area contributed by atoms with Crippen LogP contribution in [0.2, 0.25) is 0 Å². The quantitative estimate of drug-likeness (QED) is 0.304. The van der Waals surface area contributed by atoms with Crippen molar-refractivity contribution in [2.45, 2.75) is 0 Å². The summed E-state index contributed by atoms with van der Waals surface area (Å²) in [5.41, 5.74) is 0. The minimum atomic E-state index is 0.0705. The number of hydrogen-bond acceptors (Lipinski definition) is 3. The number of halogens is 2. The van der Waals surface area contributed by atoms with Crippen molar-refractivity contribution in [3.63, 3.8) is 0 Å². The first-order chi connectivity index (χ1) is 10.7. The molecule has 0 aliphatic rings. The highest BCUT2D eigenvalue weighted by atomic mass is 79.9. The van der Waals surface area contributed by atoms with Crippen molar-refractivity contribution in [2.24, 2.45) is 0 Å². The lowest BCUT2D eigenvalue weighted by atomic mass is 10.2. The molecule has 0 aliphatic carbocycles. The van der Waals surface area contributed by atoms with Gasteiger partial charge >= 0.3 is 0 Å². The summed E-state index contributed by atoms with van der Waals surface area (Å²) in [5, 5.41) is 2.18. The Kier molecular flexibility index (Phi) is 3.69. The van der Waals surface area contributed by atoms with Crippen molar-refractivity contribution in [1.29, 1.82) is 0 Å². The van der Waals surface area contributed by atoms with Gasteiger partial charge in [0.1, 0.15) is 0 Å². The summed E-state index contributed by atoms with van der Waals surface area (Å²) in [7, 11) is 0. The zero-order chi connectivity index (χ0) is 15.3. The van der Waals surface area contributed by atoms with Gasteiger partial charge in [-0.2, -0.15) is 0 Å². The molecule has 0 fully saturated rings. The van der Waals surface area contributed by atoms with Crippen molar-refractivity contribution >= 4 is 80.5 Å². The highest BCUT2D eigenvalue weighted by Gasteiger charge is 2.23. The summed E-state index contributed by atoms with van der Waals surface area (Å²) in [6, 6.07) is 16.1. The molecule has 2 aromatic heterocycles. The van der Waals surface area contributed by atoms with E-state index < -0.39 is 0 Å². The van der Waals surface area contributed by atoms with Crippen molar-refractivity contribution in [3.05, 3.63) is 67.2 Å². The molecule has 0 amide bonds. The van der Waals surface area contributed by atoms with E-state index in [1.807, 2.05) is 48.5 Å². The van der Waals surface area contributed by atoms with E-state index in [1.165, 1.54) is 22.7 Å². The third-order valence-electron chi connectivity index (χ3n) is 3.48. The Morgan fingerprint density at radius 2 is 1.14 bits per heavy atom. The Labute approximate surface area is 151 Å². The molecule has 0 unspecified atom stereocenters. The average molecular weight is 452 g/mol. The third-order valence-corrected chi connectivity index (χ3v) is 7.99. The molecule has 0 spiro atoms. The predicted octanol–water partition coefficient (Wildman–Crippen LogP) is 6.87. The minimum absolute atomic E-state index is 0.0705. The van der Waals surface area contributed by atoms with Crippen molar-refractivity contribution in [2.75, 3.05) is 0 Å². The maximum atomic E-state index is 13.0. The molecule has 4 aromatic rings. The molecule has 4 rings (SSSR count). The zero-order valence-corrected chi connectivity index (χ0v) is 15.9. The summed E-state index contributed by atoms with van der Waals surface area (Å²) < 4.78 is 4.02. The Hall–Kier alpha value is -1.01. The van der Waals surface area contributed by atoms with Crippen LogP contribution in [0.3, 0.4) is 0 Å². The molecule has 0 aliphatic heterocycles. The van der Waals surface area contributed by atoms with Gasteiger partial charge in [0.15, 0.2) is 0 Å². The number of fused-ring (bicyclic) bond motifs is 2. The molecule has 1 nitrogen and oxygen atoms in total. The molecule has 22 heavy (non-hydrogen) atoms. The second-order valence-electron chi connectivity index (χ2n) is 4.81. The monoisotopic (exact) mass is 450 g/mol. The average Bonchev–Trinajstić information content (AvgIpc) is 3.06. The highest BCUT2D eigenvalue weighted by Crippen LogP contribution is 2.41. The molecule has 2 heterocycles. The Balaban J connectivity index is 1.92. The van der Waals surface area contributed by atoms with E-state index in [-0.39, 0.29) is 5.78 Å². The first-order valence-electron chi connectivity index (χ1n) is 6.55. The van der Waals surface area contributed by atoms with E-state index in [1.54, 1.807) is 0 Å². The SMILES string of the molecule is O=C(c1sc2ccccc2c1Br)c1sc2ccccc2c1Br. The lowest BCUT2D eigenvalue weighted by Gasteiger charge is -1.97. The van der Waals surface area contributed by atoms with E-state index in [2.05, 4.69) is 31.9 Å². The van der Waals surface area contributed by atoms with E-state index in [0.29, 0.717) is 0 Å². The molecule has 0 saturated carbocycles. The number of rotatable bonds is 2. The topological polar surface area (TPSA) is 17.1 Å². The van der Waals surface area contributed by atoms with Crippen molar-refractivity contribution in [1.82, 2.24) is 0 Å². The van der Waals surface area contributed by atoms with Crippen LogP contribution in [-0.2, 0) is 0 Å². The fourth-order valence-corrected chi connectivity index (χ4v) is 6.37. The number of carbonyl (C=O) groups excluding carboxylic acids is 1. The minimum Gasteiger partial charge on any atom is -0.287 e. The van der Waals surface area contributed by atoms with Crippen LogP contribution in [0.5, 0.6) is 0 Å². The molecule has 2 aromatic carbocycles. The number of thiophene rings is 2. The van der Waals surface area contributed by atoms with Gasteiger partial charge in [-0.3, -0.25) is 4.79 Å². The van der Waals surface area contributed by atoms with Gasteiger partial charge in [0.25, 0.3) is 0 Å². The number of ketones is 1. The second kappa shape index (κ2) is 5.57. The largest absolute Gasteiger partial charge is 0.287 e. The van der Waals surface area contributed by atoms with Crippen LogP contribution in [0.4, 0.5) is 0 Å². The third kappa shape index (κ3) is 2.19. The van der Waals surface area contributed by atoms with Gasteiger partial charge in [-0.25, -0.2) is 0 Å². The van der Waals surface area contributed by atoms with Crippen LogP contribution >= 0.6 is 54.5 Å². The Morgan fingerprint density at radius 3 is 1.55 bits per heavy atom. The smallest absolute Gasteiger partial charge is 0.215 e. The molecule has 5 heteroatoms. The van der Waals surface area contributed by atoms with Gasteiger partial charge in [-0.05, 0) is 44.0 Å². The Morgan fingerprint density at radius 1 is 0.727 bits per heavy atom. The maximum Gasteiger partial charge on any atom is 0.215 e. The van der Waals surface area contributed by atoms with Gasteiger partial charge in [0.2, 0.25) is 5.78 Å². The summed E-state index contributed by atoms with van der Waals surface area (Å²) >= 11 is 10.3. The number of benzene rings is 2. The van der Waals surface area contributed by atoms with Crippen LogP contribution in [0, 0.1) is 0 Å². The van der Waals surface area contributed by atoms with Crippen LogP contribution in [0.1, 0.15) is 14.5 Å². The number of hydrogen-bond donors (Lipinski definition) is 0. The van der Waals surface area contributed by atoms with Crippen molar-refractivity contribution < 1.29 is 4.79 Å². The fourth-order valence-electron chi connectivity index (χ4n) is 2.42. The van der Waals surface area contributed by atoms with E-state index in [4.69, 9.17) is 0 Å². The highest BCUT2D eigenvalue weighted by molar-refractivity contribution is 9.11. The summed E-state index contributed by atoms with van der Waals surface area (Å²) in [4.78, 5) is 14.5. The lowest BCUT2D eigenvalue weighted by Crippen LogP contribution is -1.96. The van der Waals surface area contributed by atoms with Gasteiger partial charge in [-0.15, -0.1) is 22.7 Å². The van der Waals surface area contributed by atoms with E-state index in [9.17, 15) is 4.79 Å². The van der Waals surface area contributed by atoms with Gasteiger partial charge in [-0.1, -0.05) is 36.4 Å².